The zero-order valence-corrected chi connectivity index (χ0v) is 9.28. The van der Waals surface area contributed by atoms with E-state index in [9.17, 15) is 4.79 Å². The van der Waals surface area contributed by atoms with Crippen LogP contribution >= 0.6 is 0 Å². The summed E-state index contributed by atoms with van der Waals surface area (Å²) in [4.78, 5) is 12.1. The molecule has 0 amide bonds. The zero-order valence-electron chi connectivity index (χ0n) is 9.28. The van der Waals surface area contributed by atoms with Crippen molar-refractivity contribution in [3.8, 4) is 0 Å². The van der Waals surface area contributed by atoms with E-state index in [-0.39, 0.29) is 5.78 Å². The Morgan fingerprint density at radius 3 is 2.50 bits per heavy atom. The molecule has 0 unspecified atom stereocenters. The van der Waals surface area contributed by atoms with Gasteiger partial charge in [0.2, 0.25) is 5.78 Å². The molecule has 0 aliphatic rings. The number of hydrogen-bond donors (Lipinski definition) is 1. The fraction of sp³-hybridized carbons (Fsp3) is 0.154. The van der Waals surface area contributed by atoms with E-state index in [0.717, 1.165) is 11.3 Å². The predicted molar refractivity (Wildman–Crippen MR) is 62.5 cm³/mol. The Morgan fingerprint density at radius 1 is 1.19 bits per heavy atom. The number of nitrogens with two attached hydrogens (primary N) is 1. The smallest absolute Gasteiger partial charge is 0.228 e. The largest absolute Gasteiger partial charge is 0.458 e. The second-order valence-electron chi connectivity index (χ2n) is 3.81. The summed E-state index contributed by atoms with van der Waals surface area (Å²) in [5, 5.41) is 0. The Hall–Kier alpha value is -2.03. The standard InChI is InChI=1S/C13H13NO2/c1-8-7-10(14)4-5-11(8)13(15)12-6-3-9(2)16-12/h3-7H,14H2,1-2H3. The Bertz CT molecular complexity index is 541. The van der Waals surface area contributed by atoms with Gasteiger partial charge >= 0.3 is 0 Å². The van der Waals surface area contributed by atoms with Crippen molar-refractivity contribution < 1.29 is 9.21 Å². The van der Waals surface area contributed by atoms with Crippen LogP contribution in [0.15, 0.2) is 34.7 Å². The third kappa shape index (κ3) is 1.84. The maximum absolute atomic E-state index is 12.1. The maximum Gasteiger partial charge on any atom is 0.228 e. The number of anilines is 1. The summed E-state index contributed by atoms with van der Waals surface area (Å²) in [7, 11) is 0. The number of nitrogen functional groups attached to an aromatic ring is 1. The Labute approximate surface area is 93.9 Å². The zero-order chi connectivity index (χ0) is 11.7. The van der Waals surface area contributed by atoms with E-state index >= 15 is 0 Å². The van der Waals surface area contributed by atoms with E-state index in [1.165, 1.54) is 0 Å². The minimum absolute atomic E-state index is 0.106. The van der Waals surface area contributed by atoms with Crippen molar-refractivity contribution in [2.24, 2.45) is 0 Å². The summed E-state index contributed by atoms with van der Waals surface area (Å²) < 4.78 is 5.30. The predicted octanol–water partition coefficient (Wildman–Crippen LogP) is 2.71. The molecule has 0 saturated carbocycles. The van der Waals surface area contributed by atoms with Crippen molar-refractivity contribution in [3.63, 3.8) is 0 Å². The van der Waals surface area contributed by atoms with Gasteiger partial charge in [-0.2, -0.15) is 0 Å². The lowest BCUT2D eigenvalue weighted by molar-refractivity contribution is 0.101. The van der Waals surface area contributed by atoms with Crippen LogP contribution in [-0.4, -0.2) is 5.78 Å². The van der Waals surface area contributed by atoms with E-state index in [1.807, 2.05) is 13.8 Å². The van der Waals surface area contributed by atoms with Gasteiger partial charge in [-0.25, -0.2) is 0 Å². The van der Waals surface area contributed by atoms with E-state index in [2.05, 4.69) is 0 Å². The molecule has 1 heterocycles. The molecule has 2 N–H and O–H groups in total. The van der Waals surface area contributed by atoms with Crippen molar-refractivity contribution in [2.45, 2.75) is 13.8 Å². The van der Waals surface area contributed by atoms with Gasteiger partial charge in [-0.05, 0) is 49.7 Å². The van der Waals surface area contributed by atoms with Crippen LogP contribution < -0.4 is 5.73 Å². The fourth-order valence-electron chi connectivity index (χ4n) is 1.63. The topological polar surface area (TPSA) is 56.2 Å². The molecule has 0 fully saturated rings. The highest BCUT2D eigenvalue weighted by Gasteiger charge is 2.14. The summed E-state index contributed by atoms with van der Waals surface area (Å²) in [6, 6.07) is 8.69. The lowest BCUT2D eigenvalue weighted by Crippen LogP contribution is -2.03. The molecule has 0 aliphatic heterocycles. The lowest BCUT2D eigenvalue weighted by atomic mass is 10.0. The maximum atomic E-state index is 12.1. The number of benzene rings is 1. The van der Waals surface area contributed by atoms with Crippen LogP contribution in [0.3, 0.4) is 0 Å². The van der Waals surface area contributed by atoms with Crippen LogP contribution in [0.2, 0.25) is 0 Å². The summed E-state index contributed by atoms with van der Waals surface area (Å²) in [5.74, 6) is 0.993. The number of furan rings is 1. The summed E-state index contributed by atoms with van der Waals surface area (Å²) >= 11 is 0. The summed E-state index contributed by atoms with van der Waals surface area (Å²) in [5.41, 5.74) is 7.78. The Balaban J connectivity index is 2.41. The van der Waals surface area contributed by atoms with E-state index in [1.54, 1.807) is 30.3 Å². The van der Waals surface area contributed by atoms with Gasteiger partial charge in [0.25, 0.3) is 0 Å². The van der Waals surface area contributed by atoms with Crippen LogP contribution in [0.1, 0.15) is 27.4 Å². The van der Waals surface area contributed by atoms with Crippen LogP contribution in [0.25, 0.3) is 0 Å². The first-order valence-corrected chi connectivity index (χ1v) is 5.05. The second-order valence-corrected chi connectivity index (χ2v) is 3.81. The van der Waals surface area contributed by atoms with Crippen LogP contribution in [0.4, 0.5) is 5.69 Å². The van der Waals surface area contributed by atoms with Gasteiger partial charge in [0.1, 0.15) is 5.76 Å². The summed E-state index contributed by atoms with van der Waals surface area (Å²) in [6.07, 6.45) is 0. The minimum atomic E-state index is -0.106. The molecule has 0 radical (unpaired) electrons. The fourth-order valence-corrected chi connectivity index (χ4v) is 1.63. The average molecular weight is 215 g/mol. The molecule has 1 aromatic heterocycles. The monoisotopic (exact) mass is 215 g/mol. The van der Waals surface area contributed by atoms with Gasteiger partial charge in [0, 0.05) is 11.3 Å². The molecular formula is C13H13NO2. The number of ketones is 1. The van der Waals surface area contributed by atoms with Gasteiger partial charge in [0.15, 0.2) is 5.76 Å². The first-order valence-electron chi connectivity index (χ1n) is 5.05. The van der Waals surface area contributed by atoms with Crippen LogP contribution in [-0.2, 0) is 0 Å². The number of carbonyl (C=O) groups excluding carboxylic acids is 1. The SMILES string of the molecule is Cc1ccc(C(=O)c2ccc(N)cc2C)o1. The molecule has 0 atom stereocenters. The molecule has 1 aromatic carbocycles. The number of rotatable bonds is 2. The molecule has 0 spiro atoms. The molecule has 2 rings (SSSR count). The normalized spacial score (nSPS) is 10.4. The van der Waals surface area contributed by atoms with Gasteiger partial charge in [-0.15, -0.1) is 0 Å². The van der Waals surface area contributed by atoms with Crippen molar-refractivity contribution in [1.82, 2.24) is 0 Å². The molecule has 3 heteroatoms. The Morgan fingerprint density at radius 2 is 1.94 bits per heavy atom. The Kier molecular flexibility index (Phi) is 2.52. The molecule has 16 heavy (non-hydrogen) atoms. The number of carbonyl (C=O) groups is 1. The number of aryl methyl sites for hydroxylation is 2. The molecule has 0 saturated heterocycles. The van der Waals surface area contributed by atoms with Crippen molar-refractivity contribution in [2.75, 3.05) is 5.73 Å². The third-order valence-electron chi connectivity index (χ3n) is 2.46. The number of hydrogen-bond acceptors (Lipinski definition) is 3. The minimum Gasteiger partial charge on any atom is -0.458 e. The van der Waals surface area contributed by atoms with Gasteiger partial charge in [0.05, 0.1) is 0 Å². The highest BCUT2D eigenvalue weighted by Crippen LogP contribution is 2.18. The summed E-state index contributed by atoms with van der Waals surface area (Å²) in [6.45, 7) is 3.67. The molecule has 3 nitrogen and oxygen atoms in total. The highest BCUT2D eigenvalue weighted by atomic mass is 16.3. The van der Waals surface area contributed by atoms with Crippen LogP contribution in [0.5, 0.6) is 0 Å². The van der Waals surface area contributed by atoms with Gasteiger partial charge in [-0.1, -0.05) is 0 Å². The van der Waals surface area contributed by atoms with E-state index in [4.69, 9.17) is 10.2 Å². The lowest BCUT2D eigenvalue weighted by Gasteiger charge is -2.03. The van der Waals surface area contributed by atoms with E-state index in [0.29, 0.717) is 17.0 Å². The molecule has 2 aromatic rings. The van der Waals surface area contributed by atoms with Gasteiger partial charge in [-0.3, -0.25) is 4.79 Å². The van der Waals surface area contributed by atoms with Crippen LogP contribution in [0, 0.1) is 13.8 Å². The van der Waals surface area contributed by atoms with Crippen molar-refractivity contribution in [3.05, 3.63) is 53.0 Å². The molecule has 0 aliphatic carbocycles. The van der Waals surface area contributed by atoms with Crippen molar-refractivity contribution >= 4 is 11.5 Å². The second kappa shape index (κ2) is 3.85. The van der Waals surface area contributed by atoms with Gasteiger partial charge < -0.3 is 10.2 Å². The molecular weight excluding hydrogens is 202 g/mol. The highest BCUT2D eigenvalue weighted by molar-refractivity contribution is 6.08. The molecule has 82 valence electrons. The van der Waals surface area contributed by atoms with E-state index < -0.39 is 0 Å². The quantitative estimate of drug-likeness (QED) is 0.619. The molecule has 0 bridgehead atoms. The third-order valence-corrected chi connectivity index (χ3v) is 2.46. The first kappa shape index (κ1) is 10.5. The van der Waals surface area contributed by atoms with Crippen molar-refractivity contribution in [1.29, 1.82) is 0 Å². The average Bonchev–Trinajstić information content (AvgIpc) is 2.64. The first-order chi connectivity index (χ1) is 7.58.